The van der Waals surface area contributed by atoms with Crippen LogP contribution in [0.2, 0.25) is 0 Å². The maximum absolute atomic E-state index is 5.29. The van der Waals surface area contributed by atoms with E-state index < -0.39 is 0 Å². The molecule has 1 atom stereocenters. The molecule has 0 aliphatic carbocycles. The molecular formula is C10H16N2O. The van der Waals surface area contributed by atoms with Gasteiger partial charge in [0, 0.05) is 24.2 Å². The van der Waals surface area contributed by atoms with Crippen LogP contribution in [0.5, 0.6) is 0 Å². The van der Waals surface area contributed by atoms with Crippen LogP contribution in [0.4, 0.5) is 0 Å². The van der Waals surface area contributed by atoms with Gasteiger partial charge in [0.25, 0.3) is 0 Å². The molecule has 0 spiro atoms. The van der Waals surface area contributed by atoms with E-state index in [9.17, 15) is 0 Å². The molecule has 2 rings (SSSR count). The molecule has 0 bridgehead atoms. The Balaban J connectivity index is 2.42. The van der Waals surface area contributed by atoms with Crippen LogP contribution in [0.25, 0.3) is 0 Å². The van der Waals surface area contributed by atoms with E-state index in [1.165, 1.54) is 5.56 Å². The highest BCUT2D eigenvalue weighted by atomic mass is 16.6. The second kappa shape index (κ2) is 2.58. The molecule has 0 amide bonds. The average Bonchev–Trinajstić information content (AvgIpc) is 2.73. The second-order valence-electron chi connectivity index (χ2n) is 4.68. The standard InChI is InChI=1S/C10H16N2O/c1-10(2,3)9-7(8-6-13-8)5-12(4)11-9/h5,8H,6H2,1-4H3/t8-/m1/s1. The van der Waals surface area contributed by atoms with Gasteiger partial charge in [-0.25, -0.2) is 0 Å². The van der Waals surface area contributed by atoms with E-state index >= 15 is 0 Å². The van der Waals surface area contributed by atoms with Crippen molar-refractivity contribution in [1.82, 2.24) is 9.78 Å². The molecule has 1 aliphatic heterocycles. The molecule has 1 fully saturated rings. The minimum atomic E-state index is 0.114. The number of hydrogen-bond donors (Lipinski definition) is 0. The zero-order valence-corrected chi connectivity index (χ0v) is 8.66. The quantitative estimate of drug-likeness (QED) is 0.617. The Hall–Kier alpha value is -0.830. The van der Waals surface area contributed by atoms with Crippen LogP contribution in [-0.4, -0.2) is 16.4 Å². The fourth-order valence-electron chi connectivity index (χ4n) is 1.55. The number of epoxide rings is 1. The van der Waals surface area contributed by atoms with Gasteiger partial charge in [-0.05, 0) is 0 Å². The van der Waals surface area contributed by atoms with Gasteiger partial charge >= 0.3 is 0 Å². The zero-order valence-electron chi connectivity index (χ0n) is 8.66. The lowest BCUT2D eigenvalue weighted by Gasteiger charge is -2.16. The first-order valence-corrected chi connectivity index (χ1v) is 4.64. The lowest BCUT2D eigenvalue weighted by molar-refractivity contribution is 0.410. The average molecular weight is 180 g/mol. The van der Waals surface area contributed by atoms with Crippen molar-refractivity contribution >= 4 is 0 Å². The van der Waals surface area contributed by atoms with Crippen molar-refractivity contribution in [3.05, 3.63) is 17.5 Å². The van der Waals surface area contributed by atoms with Crippen molar-refractivity contribution in [2.75, 3.05) is 6.61 Å². The molecule has 2 heterocycles. The Morgan fingerprint density at radius 2 is 2.15 bits per heavy atom. The first-order chi connectivity index (χ1) is 5.98. The van der Waals surface area contributed by atoms with E-state index in [1.807, 2.05) is 11.7 Å². The van der Waals surface area contributed by atoms with Gasteiger partial charge in [-0.3, -0.25) is 4.68 Å². The van der Waals surface area contributed by atoms with Gasteiger partial charge in [-0.2, -0.15) is 5.10 Å². The van der Waals surface area contributed by atoms with Crippen molar-refractivity contribution in [2.24, 2.45) is 7.05 Å². The van der Waals surface area contributed by atoms with Gasteiger partial charge in [-0.1, -0.05) is 20.8 Å². The maximum Gasteiger partial charge on any atom is 0.109 e. The van der Waals surface area contributed by atoms with Crippen LogP contribution in [0.15, 0.2) is 6.20 Å². The Kier molecular flexibility index (Phi) is 1.74. The highest BCUT2D eigenvalue weighted by molar-refractivity contribution is 5.28. The molecule has 1 aromatic rings. The molecule has 0 saturated carbocycles. The van der Waals surface area contributed by atoms with E-state index in [2.05, 4.69) is 32.1 Å². The fraction of sp³-hybridized carbons (Fsp3) is 0.700. The number of aromatic nitrogens is 2. The Morgan fingerprint density at radius 3 is 2.62 bits per heavy atom. The summed E-state index contributed by atoms with van der Waals surface area (Å²) in [5.74, 6) is 0. The second-order valence-corrected chi connectivity index (χ2v) is 4.68. The normalized spacial score (nSPS) is 22.0. The molecule has 72 valence electrons. The molecule has 0 aromatic carbocycles. The number of rotatable bonds is 1. The highest BCUT2D eigenvalue weighted by Gasteiger charge is 2.33. The monoisotopic (exact) mass is 180 g/mol. The largest absolute Gasteiger partial charge is 0.368 e. The molecular weight excluding hydrogens is 164 g/mol. The van der Waals surface area contributed by atoms with Crippen LogP contribution >= 0.6 is 0 Å². The molecule has 0 unspecified atom stereocenters. The third-order valence-corrected chi connectivity index (χ3v) is 2.25. The lowest BCUT2D eigenvalue weighted by Crippen LogP contribution is -2.14. The number of hydrogen-bond acceptors (Lipinski definition) is 2. The highest BCUT2D eigenvalue weighted by Crippen LogP contribution is 2.36. The summed E-state index contributed by atoms with van der Waals surface area (Å²) in [6.07, 6.45) is 2.38. The van der Waals surface area contributed by atoms with Gasteiger partial charge in [0.2, 0.25) is 0 Å². The third-order valence-electron chi connectivity index (χ3n) is 2.25. The van der Waals surface area contributed by atoms with E-state index in [1.54, 1.807) is 0 Å². The summed E-state index contributed by atoms with van der Waals surface area (Å²) in [7, 11) is 1.96. The summed E-state index contributed by atoms with van der Waals surface area (Å²) in [6, 6.07) is 0. The van der Waals surface area contributed by atoms with Gasteiger partial charge in [0.05, 0.1) is 12.3 Å². The van der Waals surface area contributed by atoms with E-state index in [0.29, 0.717) is 6.10 Å². The van der Waals surface area contributed by atoms with Gasteiger partial charge in [0.15, 0.2) is 0 Å². The SMILES string of the molecule is Cn1cc([C@H]2CO2)c(C(C)(C)C)n1. The zero-order chi connectivity index (χ0) is 9.64. The first kappa shape index (κ1) is 8.75. The van der Waals surface area contributed by atoms with Crippen molar-refractivity contribution < 1.29 is 4.74 Å². The summed E-state index contributed by atoms with van der Waals surface area (Å²) in [6.45, 7) is 7.40. The van der Waals surface area contributed by atoms with Crippen LogP contribution in [-0.2, 0) is 17.2 Å². The van der Waals surface area contributed by atoms with Crippen LogP contribution < -0.4 is 0 Å². The summed E-state index contributed by atoms with van der Waals surface area (Å²) >= 11 is 0. The number of nitrogens with zero attached hydrogens (tertiary/aromatic N) is 2. The molecule has 3 heteroatoms. The van der Waals surface area contributed by atoms with Crippen molar-refractivity contribution in [3.8, 4) is 0 Å². The van der Waals surface area contributed by atoms with Crippen molar-refractivity contribution in [1.29, 1.82) is 0 Å². The van der Waals surface area contributed by atoms with Gasteiger partial charge in [0.1, 0.15) is 6.10 Å². The number of ether oxygens (including phenoxy) is 1. The van der Waals surface area contributed by atoms with E-state index in [4.69, 9.17) is 4.74 Å². The Morgan fingerprint density at radius 1 is 1.54 bits per heavy atom. The molecule has 13 heavy (non-hydrogen) atoms. The lowest BCUT2D eigenvalue weighted by atomic mass is 9.89. The molecule has 0 N–H and O–H groups in total. The van der Waals surface area contributed by atoms with Gasteiger partial charge in [-0.15, -0.1) is 0 Å². The summed E-state index contributed by atoms with van der Waals surface area (Å²) in [5, 5.41) is 4.48. The molecule has 1 saturated heterocycles. The summed E-state index contributed by atoms with van der Waals surface area (Å²) < 4.78 is 7.16. The smallest absolute Gasteiger partial charge is 0.109 e. The summed E-state index contributed by atoms with van der Waals surface area (Å²) in [4.78, 5) is 0. The molecule has 1 aromatic heterocycles. The maximum atomic E-state index is 5.29. The van der Waals surface area contributed by atoms with Gasteiger partial charge < -0.3 is 4.74 Å². The number of aryl methyl sites for hydroxylation is 1. The minimum absolute atomic E-state index is 0.114. The van der Waals surface area contributed by atoms with Crippen LogP contribution in [0, 0.1) is 0 Å². The van der Waals surface area contributed by atoms with Crippen LogP contribution in [0.3, 0.4) is 0 Å². The first-order valence-electron chi connectivity index (χ1n) is 4.64. The Labute approximate surface area is 78.7 Å². The fourth-order valence-corrected chi connectivity index (χ4v) is 1.55. The third kappa shape index (κ3) is 1.61. The molecule has 3 nitrogen and oxygen atoms in total. The predicted molar refractivity (Wildman–Crippen MR) is 50.6 cm³/mol. The van der Waals surface area contributed by atoms with Crippen molar-refractivity contribution in [2.45, 2.75) is 32.3 Å². The van der Waals surface area contributed by atoms with Crippen molar-refractivity contribution in [3.63, 3.8) is 0 Å². The van der Waals surface area contributed by atoms with E-state index in [0.717, 1.165) is 12.3 Å². The molecule has 1 aliphatic rings. The summed E-state index contributed by atoms with van der Waals surface area (Å²) in [5.41, 5.74) is 2.54. The van der Waals surface area contributed by atoms with Crippen LogP contribution in [0.1, 0.15) is 38.1 Å². The Bertz CT molecular complexity index is 318. The molecule has 0 radical (unpaired) electrons. The van der Waals surface area contributed by atoms with E-state index in [-0.39, 0.29) is 5.41 Å². The predicted octanol–water partition coefficient (Wildman–Crippen LogP) is 1.79. The topological polar surface area (TPSA) is 30.4 Å². The minimum Gasteiger partial charge on any atom is -0.368 e.